The zero-order chi connectivity index (χ0) is 13.4. The molecule has 1 atom stereocenters. The topological polar surface area (TPSA) is 43.9 Å². The zero-order valence-corrected chi connectivity index (χ0v) is 11.7. The van der Waals surface area contributed by atoms with Gasteiger partial charge in [0.2, 0.25) is 5.91 Å². The summed E-state index contributed by atoms with van der Waals surface area (Å²) in [7, 11) is 0. The highest BCUT2D eigenvalue weighted by Crippen LogP contribution is 2.29. The Labute approximate surface area is 114 Å². The monoisotopic (exact) mass is 265 g/mol. The Balaban J connectivity index is 1.67. The predicted octanol–water partition coefficient (Wildman–Crippen LogP) is 1.29. The first-order valence-corrected chi connectivity index (χ1v) is 7.49. The third-order valence-electron chi connectivity index (χ3n) is 4.84. The average molecular weight is 265 g/mol. The maximum Gasteiger partial charge on any atom is 0.320 e. The van der Waals surface area contributed by atoms with Crippen LogP contribution in [0.15, 0.2) is 0 Å². The molecule has 2 heterocycles. The summed E-state index contributed by atoms with van der Waals surface area (Å²) in [6, 6.07) is 0.866. The summed E-state index contributed by atoms with van der Waals surface area (Å²) in [6.07, 6.45) is 6.12. The van der Waals surface area contributed by atoms with Crippen LogP contribution >= 0.6 is 0 Å². The summed E-state index contributed by atoms with van der Waals surface area (Å²) in [5, 5.41) is 0. The Morgan fingerprint density at radius 2 is 1.74 bits per heavy atom. The van der Waals surface area contributed by atoms with Crippen molar-refractivity contribution in [1.82, 2.24) is 14.7 Å². The molecule has 2 aliphatic heterocycles. The minimum atomic E-state index is 0.128. The molecule has 0 unspecified atom stereocenters. The van der Waals surface area contributed by atoms with Crippen molar-refractivity contribution in [3.8, 4) is 0 Å². The fourth-order valence-electron chi connectivity index (χ4n) is 3.72. The maximum atomic E-state index is 12.5. The van der Waals surface area contributed by atoms with Gasteiger partial charge in [0.15, 0.2) is 0 Å². The molecule has 1 saturated carbocycles. The molecule has 0 bridgehead atoms. The van der Waals surface area contributed by atoms with Gasteiger partial charge in [-0.05, 0) is 12.8 Å². The molecule has 3 fully saturated rings. The molecule has 3 aliphatic rings. The highest BCUT2D eigenvalue weighted by Gasteiger charge is 2.43. The summed E-state index contributed by atoms with van der Waals surface area (Å²) in [5.74, 6) is 0.128. The van der Waals surface area contributed by atoms with E-state index in [4.69, 9.17) is 0 Å². The molecule has 106 valence electrons. The van der Waals surface area contributed by atoms with Gasteiger partial charge in [0, 0.05) is 39.1 Å². The van der Waals surface area contributed by atoms with E-state index in [0.717, 1.165) is 19.4 Å². The predicted molar refractivity (Wildman–Crippen MR) is 71.7 cm³/mol. The van der Waals surface area contributed by atoms with E-state index < -0.39 is 0 Å². The number of hydrogen-bond acceptors (Lipinski definition) is 2. The van der Waals surface area contributed by atoms with Gasteiger partial charge in [-0.3, -0.25) is 4.79 Å². The number of rotatable bonds is 1. The first-order valence-electron chi connectivity index (χ1n) is 7.49. The molecule has 5 nitrogen and oxygen atoms in total. The molecule has 2 saturated heterocycles. The summed E-state index contributed by atoms with van der Waals surface area (Å²) in [5.41, 5.74) is 0. The van der Waals surface area contributed by atoms with Crippen LogP contribution in [0.3, 0.4) is 0 Å². The molecule has 1 aliphatic carbocycles. The smallest absolute Gasteiger partial charge is 0.320 e. The lowest BCUT2D eigenvalue weighted by Gasteiger charge is -2.35. The van der Waals surface area contributed by atoms with Crippen molar-refractivity contribution in [1.29, 1.82) is 0 Å². The van der Waals surface area contributed by atoms with Gasteiger partial charge in [0.25, 0.3) is 0 Å². The number of fused-ring (bicyclic) bond motifs is 1. The first-order chi connectivity index (χ1) is 9.16. The standard InChI is InChI=1S/C14H23N3O2/c1-11(18)15-7-8-16-13(9-15)10-17(14(16)19)12-5-3-2-4-6-12/h12-13H,2-10H2,1H3/t13-/m1/s1. The molecule has 0 aromatic rings. The lowest BCUT2D eigenvalue weighted by Crippen LogP contribution is -2.53. The Bertz CT molecular complexity index is 379. The van der Waals surface area contributed by atoms with Crippen LogP contribution in [0.1, 0.15) is 39.0 Å². The quantitative estimate of drug-likeness (QED) is 0.717. The molecular formula is C14H23N3O2. The minimum absolute atomic E-state index is 0.128. The van der Waals surface area contributed by atoms with Crippen LogP contribution in [0.2, 0.25) is 0 Å². The summed E-state index contributed by atoms with van der Waals surface area (Å²) < 4.78 is 0. The molecule has 0 spiro atoms. The van der Waals surface area contributed by atoms with Crippen molar-refractivity contribution in [2.75, 3.05) is 26.2 Å². The van der Waals surface area contributed by atoms with Gasteiger partial charge < -0.3 is 14.7 Å². The molecule has 19 heavy (non-hydrogen) atoms. The Morgan fingerprint density at radius 3 is 2.42 bits per heavy atom. The van der Waals surface area contributed by atoms with Gasteiger partial charge in [0.1, 0.15) is 0 Å². The van der Waals surface area contributed by atoms with E-state index in [1.165, 1.54) is 19.3 Å². The second-order valence-electron chi connectivity index (χ2n) is 6.04. The van der Waals surface area contributed by atoms with E-state index in [1.54, 1.807) is 6.92 Å². The van der Waals surface area contributed by atoms with Crippen molar-refractivity contribution in [2.24, 2.45) is 0 Å². The number of urea groups is 1. The van der Waals surface area contributed by atoms with Gasteiger partial charge >= 0.3 is 6.03 Å². The van der Waals surface area contributed by atoms with E-state index in [2.05, 4.69) is 4.90 Å². The van der Waals surface area contributed by atoms with Gasteiger partial charge in [-0.15, -0.1) is 0 Å². The van der Waals surface area contributed by atoms with Gasteiger partial charge in [-0.2, -0.15) is 0 Å². The van der Waals surface area contributed by atoms with Gasteiger partial charge in [-0.1, -0.05) is 19.3 Å². The molecule has 3 amide bonds. The number of amides is 3. The van der Waals surface area contributed by atoms with Crippen molar-refractivity contribution in [2.45, 2.75) is 51.1 Å². The molecule has 0 N–H and O–H groups in total. The number of carbonyl (C=O) groups excluding carboxylic acids is 2. The zero-order valence-electron chi connectivity index (χ0n) is 11.7. The van der Waals surface area contributed by atoms with Crippen LogP contribution in [0.25, 0.3) is 0 Å². The molecule has 3 rings (SSSR count). The summed E-state index contributed by atoms with van der Waals surface area (Å²) >= 11 is 0. The normalized spacial score (nSPS) is 28.8. The van der Waals surface area contributed by atoms with Gasteiger partial charge in [0.05, 0.1) is 6.04 Å². The van der Waals surface area contributed by atoms with Gasteiger partial charge in [-0.25, -0.2) is 4.79 Å². The third kappa shape index (κ3) is 2.30. The molecular weight excluding hydrogens is 242 g/mol. The van der Waals surface area contributed by atoms with Crippen molar-refractivity contribution in [3.63, 3.8) is 0 Å². The van der Waals surface area contributed by atoms with E-state index in [9.17, 15) is 9.59 Å². The van der Waals surface area contributed by atoms with Crippen LogP contribution in [-0.2, 0) is 4.79 Å². The SMILES string of the molecule is CC(=O)N1CCN2C(=O)N(C3CCCCC3)C[C@H]2C1. The van der Waals surface area contributed by atoms with Crippen LogP contribution in [0.4, 0.5) is 4.79 Å². The summed E-state index contributed by atoms with van der Waals surface area (Å²) in [4.78, 5) is 29.9. The van der Waals surface area contributed by atoms with E-state index in [0.29, 0.717) is 25.7 Å². The van der Waals surface area contributed by atoms with Crippen LogP contribution in [0.5, 0.6) is 0 Å². The van der Waals surface area contributed by atoms with E-state index in [1.807, 2.05) is 9.80 Å². The lowest BCUT2D eigenvalue weighted by atomic mass is 9.94. The fraction of sp³-hybridized carbons (Fsp3) is 0.857. The molecule has 5 heteroatoms. The maximum absolute atomic E-state index is 12.5. The van der Waals surface area contributed by atoms with Crippen molar-refractivity contribution in [3.05, 3.63) is 0 Å². The molecule has 0 radical (unpaired) electrons. The fourth-order valence-corrected chi connectivity index (χ4v) is 3.72. The number of hydrogen-bond donors (Lipinski definition) is 0. The lowest BCUT2D eigenvalue weighted by molar-refractivity contribution is -0.130. The largest absolute Gasteiger partial charge is 0.339 e. The Morgan fingerprint density at radius 1 is 1.00 bits per heavy atom. The van der Waals surface area contributed by atoms with Crippen LogP contribution < -0.4 is 0 Å². The summed E-state index contributed by atoms with van der Waals surface area (Å²) in [6.45, 7) is 4.53. The van der Waals surface area contributed by atoms with E-state index >= 15 is 0 Å². The Hall–Kier alpha value is -1.26. The second kappa shape index (κ2) is 5.02. The number of nitrogens with zero attached hydrogens (tertiary/aromatic N) is 3. The van der Waals surface area contributed by atoms with Crippen molar-refractivity contribution >= 4 is 11.9 Å². The van der Waals surface area contributed by atoms with Crippen molar-refractivity contribution < 1.29 is 9.59 Å². The highest BCUT2D eigenvalue weighted by molar-refractivity contribution is 5.79. The molecule has 0 aromatic heterocycles. The highest BCUT2D eigenvalue weighted by atomic mass is 16.2. The minimum Gasteiger partial charge on any atom is -0.339 e. The Kier molecular flexibility index (Phi) is 3.37. The van der Waals surface area contributed by atoms with E-state index in [-0.39, 0.29) is 18.0 Å². The second-order valence-corrected chi connectivity index (χ2v) is 6.04. The first kappa shape index (κ1) is 12.8. The average Bonchev–Trinajstić information content (AvgIpc) is 2.76. The molecule has 0 aromatic carbocycles. The number of piperazine rings is 1. The third-order valence-corrected chi connectivity index (χ3v) is 4.84. The van der Waals surface area contributed by atoms with Crippen LogP contribution in [0, 0.1) is 0 Å². The number of carbonyl (C=O) groups is 2. The van der Waals surface area contributed by atoms with Crippen LogP contribution in [-0.4, -0.2) is 64.9 Å².